The van der Waals surface area contributed by atoms with Gasteiger partial charge in [-0.25, -0.2) is 29.6 Å². The first-order chi connectivity index (χ1) is 46.5. The number of primary amides is 1. The third-order valence-electron chi connectivity index (χ3n) is 14.7. The van der Waals surface area contributed by atoms with Gasteiger partial charge in [-0.2, -0.15) is 0 Å². The number of aromatic hydroxyl groups is 3. The van der Waals surface area contributed by atoms with Gasteiger partial charge in [0, 0.05) is 48.5 Å². The number of ether oxygens (including phenoxy) is 2. The molecule has 7 amide bonds. The Morgan fingerprint density at radius 3 is 1.53 bits per heavy atom. The van der Waals surface area contributed by atoms with Crippen LogP contribution in [0.2, 0.25) is 0 Å². The Bertz CT molecular complexity index is 4690. The Labute approximate surface area is 571 Å². The fraction of sp³-hybridized carbons (Fsp3) is 0.214. The molecule has 0 aliphatic carbocycles. The summed E-state index contributed by atoms with van der Waals surface area (Å²) in [7, 11) is -10.4. The van der Waals surface area contributed by atoms with Crippen LogP contribution in [0.1, 0.15) is 73.7 Å². The predicted octanol–water partition coefficient (Wildman–Crippen LogP) is 10.4. The number of anilines is 6. The molecule has 0 aliphatic heterocycles. The highest BCUT2D eigenvalue weighted by Crippen LogP contribution is 2.40. The summed E-state index contributed by atoms with van der Waals surface area (Å²) in [5.74, 6) is -7.57. The minimum absolute atomic E-state index is 0.00242. The highest BCUT2D eigenvalue weighted by molar-refractivity contribution is 7.93. The number of nitrogens with one attached hydrogen (secondary N) is 6. The first-order valence-corrected chi connectivity index (χ1v) is 34.8. The van der Waals surface area contributed by atoms with Gasteiger partial charge < -0.3 is 62.4 Å². The van der Waals surface area contributed by atoms with Crippen molar-refractivity contribution < 1.29 is 88.0 Å². The van der Waals surface area contributed by atoms with Crippen molar-refractivity contribution in [2.45, 2.75) is 99.2 Å². The molecule has 522 valence electrons. The molecule has 29 heteroatoms. The van der Waals surface area contributed by atoms with E-state index in [1.807, 2.05) is 13.8 Å². The SMILES string of the molecule is CCC(C(=O)Nc1cc(O)c(NC(C)=O)cc1F)S(=O)(=O)c1ccc(C)cc1.COc1ccc(Oc2cc(NC(=O)c3ccc(C)cc3)c(O)cc2NC(=O)C(C)S(=O)(=O)c2ccc(C)cc2)cc1.Cc1cccc(S(=O)(=O)C(C(=O)Nc2ccc(NC(=O)C(N)=O)c(O)c2)C(C)C)c1. The lowest BCUT2D eigenvalue weighted by Gasteiger charge is -2.21. The van der Waals surface area contributed by atoms with E-state index in [0.29, 0.717) is 17.1 Å². The number of carbonyl (C=O) groups is 7. The molecule has 0 aromatic heterocycles. The number of phenols is 3. The lowest BCUT2D eigenvalue weighted by molar-refractivity contribution is -0.134. The van der Waals surface area contributed by atoms with Crippen LogP contribution in [0.5, 0.6) is 34.5 Å². The fourth-order valence-electron chi connectivity index (χ4n) is 9.28. The molecule has 0 radical (unpaired) electrons. The van der Waals surface area contributed by atoms with Gasteiger partial charge in [-0.15, -0.1) is 0 Å². The normalized spacial score (nSPS) is 12.1. The standard InChI is InChI=1S/C31H30N2O7S.C20H23N3O6S.C19H21FN2O5S/c1-19-5-9-22(10-6-19)31(36)32-26-18-29(40-24-13-11-23(39-4)12-14-24)27(17-28(26)34)33-30(35)21(3)41(37,38)25-15-7-20(2)8-16-25;1-11(2)17(30(28,29)14-6-4-5-12(3)9-14)19(26)22-13-7-8-15(16(24)10-13)23-20(27)18(21)25;1-4-18(28(26,27)13-7-5-11(2)6-8-13)19(25)22-15-10-17(24)16(9-14(15)20)21-12(3)23/h5-18,21,34H,1-4H3,(H,32,36)(H,33,35);4-11,17,24H,1-3H3,(H2,21,25)(H,22,26)(H,23,27);5-10,18,24H,4H2,1-3H3,(H,21,23)(H,22,25). The molecule has 0 spiro atoms. The second-order valence-electron chi connectivity index (χ2n) is 22.8. The molecule has 8 rings (SSSR count). The molecule has 0 saturated heterocycles. The number of halogens is 1. The summed E-state index contributed by atoms with van der Waals surface area (Å²) in [6.45, 7) is 14.5. The molecule has 3 unspecified atom stereocenters. The maximum absolute atomic E-state index is 14.2. The van der Waals surface area contributed by atoms with E-state index in [9.17, 15) is 78.5 Å². The minimum atomic E-state index is -4.01. The van der Waals surface area contributed by atoms with Crippen molar-refractivity contribution in [2.24, 2.45) is 11.7 Å². The average Bonchev–Trinajstić information content (AvgIpc) is 0.803. The molecule has 8 aromatic carbocycles. The molecule has 0 saturated carbocycles. The number of phenolic OH excluding ortho intramolecular Hbond substituents is 3. The van der Waals surface area contributed by atoms with E-state index in [4.69, 9.17) is 15.2 Å². The summed E-state index contributed by atoms with van der Waals surface area (Å²) < 4.78 is 103. The first kappa shape index (κ1) is 76.8. The van der Waals surface area contributed by atoms with Gasteiger partial charge in [0.1, 0.15) is 50.3 Å². The van der Waals surface area contributed by atoms with Crippen molar-refractivity contribution in [1.82, 2.24) is 0 Å². The number of hydrogen-bond donors (Lipinski definition) is 10. The fourth-order valence-corrected chi connectivity index (χ4v) is 14.1. The molecule has 25 nitrogen and oxygen atoms in total. The highest BCUT2D eigenvalue weighted by Gasteiger charge is 2.38. The van der Waals surface area contributed by atoms with Crippen molar-refractivity contribution in [3.8, 4) is 34.5 Å². The predicted molar refractivity (Wildman–Crippen MR) is 372 cm³/mol. The zero-order valence-electron chi connectivity index (χ0n) is 55.3. The Hall–Kier alpha value is -11.2. The van der Waals surface area contributed by atoms with Crippen LogP contribution in [0.25, 0.3) is 0 Å². The Kier molecular flexibility index (Phi) is 25.8. The van der Waals surface area contributed by atoms with Crippen LogP contribution in [0.3, 0.4) is 0 Å². The van der Waals surface area contributed by atoms with Gasteiger partial charge in [0.05, 0.1) is 50.2 Å². The maximum Gasteiger partial charge on any atom is 0.313 e. The summed E-state index contributed by atoms with van der Waals surface area (Å²) in [6, 6.07) is 40.0. The minimum Gasteiger partial charge on any atom is -0.506 e. The molecular weight excluding hydrogens is 1340 g/mol. The van der Waals surface area contributed by atoms with E-state index in [1.54, 1.807) is 113 Å². The van der Waals surface area contributed by atoms with Gasteiger partial charge >= 0.3 is 11.8 Å². The number of rotatable bonds is 21. The largest absolute Gasteiger partial charge is 0.506 e. The number of nitrogens with two attached hydrogens (primary N) is 1. The quantitative estimate of drug-likeness (QED) is 0.0236. The lowest BCUT2D eigenvalue weighted by atomic mass is 10.1. The van der Waals surface area contributed by atoms with Gasteiger partial charge in [-0.1, -0.05) is 86.0 Å². The van der Waals surface area contributed by atoms with E-state index >= 15 is 0 Å². The molecule has 8 aromatic rings. The topological polar surface area (TPSA) is 399 Å². The molecule has 0 bridgehead atoms. The molecule has 0 fully saturated rings. The first-order valence-electron chi connectivity index (χ1n) is 30.1. The monoisotopic (exact) mass is 1420 g/mol. The Morgan fingerprint density at radius 1 is 0.495 bits per heavy atom. The zero-order valence-corrected chi connectivity index (χ0v) is 57.7. The van der Waals surface area contributed by atoms with Gasteiger partial charge in [-0.3, -0.25) is 33.6 Å². The molecule has 11 N–H and O–H groups in total. The smallest absolute Gasteiger partial charge is 0.313 e. The van der Waals surface area contributed by atoms with Crippen LogP contribution in [0.15, 0.2) is 178 Å². The number of carbonyl (C=O) groups excluding carboxylic acids is 7. The van der Waals surface area contributed by atoms with Crippen molar-refractivity contribution in [2.75, 3.05) is 39.0 Å². The van der Waals surface area contributed by atoms with Crippen LogP contribution < -0.4 is 47.1 Å². The van der Waals surface area contributed by atoms with Crippen LogP contribution in [0, 0.1) is 39.4 Å². The van der Waals surface area contributed by atoms with E-state index in [0.717, 1.165) is 40.5 Å². The van der Waals surface area contributed by atoms with E-state index in [2.05, 4.69) is 31.9 Å². The highest BCUT2D eigenvalue weighted by atomic mass is 32.2. The summed E-state index contributed by atoms with van der Waals surface area (Å²) in [5, 5.41) is 40.6. The molecule has 0 heterocycles. The second kappa shape index (κ2) is 33.2. The lowest BCUT2D eigenvalue weighted by Crippen LogP contribution is -2.39. The van der Waals surface area contributed by atoms with Gasteiger partial charge in [0.2, 0.25) is 23.6 Å². The summed E-state index contributed by atoms with van der Waals surface area (Å²) in [4.78, 5) is 84.6. The molecule has 0 aliphatic rings. The number of sulfone groups is 3. The van der Waals surface area contributed by atoms with Crippen LogP contribution in [0.4, 0.5) is 38.5 Å². The third-order valence-corrected chi connectivity index (χ3v) is 21.3. The summed E-state index contributed by atoms with van der Waals surface area (Å²) >= 11 is 0. The number of methoxy groups -OCH3 is 1. The van der Waals surface area contributed by atoms with Gasteiger partial charge in [0.25, 0.3) is 5.91 Å². The van der Waals surface area contributed by atoms with Crippen molar-refractivity contribution in [1.29, 1.82) is 0 Å². The van der Waals surface area contributed by atoms with Gasteiger partial charge in [-0.05, 0) is 137 Å². The van der Waals surface area contributed by atoms with Crippen LogP contribution in [-0.2, 0) is 58.3 Å². The molecular formula is C70H74FN7O18S3. The van der Waals surface area contributed by atoms with Crippen molar-refractivity contribution in [3.63, 3.8) is 0 Å². The van der Waals surface area contributed by atoms with Gasteiger partial charge in [0.15, 0.2) is 35.3 Å². The van der Waals surface area contributed by atoms with Crippen molar-refractivity contribution in [3.05, 3.63) is 197 Å². The summed E-state index contributed by atoms with van der Waals surface area (Å²) in [6.07, 6.45) is -0.0282. The Balaban J connectivity index is 0.000000240. The van der Waals surface area contributed by atoms with Crippen LogP contribution >= 0.6 is 0 Å². The third kappa shape index (κ3) is 20.2. The number of hydrogen-bond acceptors (Lipinski definition) is 18. The average molecular weight is 1420 g/mol. The zero-order chi connectivity index (χ0) is 73.4. The van der Waals surface area contributed by atoms with Crippen LogP contribution in [-0.4, -0.2) is 105 Å². The Morgan fingerprint density at radius 2 is 1.01 bits per heavy atom. The maximum atomic E-state index is 14.2. The van der Waals surface area contributed by atoms with E-state index < -0.39 is 116 Å². The number of aryl methyl sites for hydroxylation is 4. The summed E-state index contributed by atoms with van der Waals surface area (Å²) in [5.41, 5.74) is 8.19. The molecule has 99 heavy (non-hydrogen) atoms. The van der Waals surface area contributed by atoms with Crippen molar-refractivity contribution >= 4 is 105 Å². The number of benzene rings is 8. The van der Waals surface area contributed by atoms with E-state index in [-0.39, 0.29) is 61.0 Å². The van der Waals surface area contributed by atoms with E-state index in [1.165, 1.54) is 88.5 Å². The number of amides is 7. The second-order valence-corrected chi connectivity index (χ2v) is 29.3. The molecule has 3 atom stereocenters.